The van der Waals surface area contributed by atoms with Gasteiger partial charge in [0.2, 0.25) is 0 Å². The first kappa shape index (κ1) is 21.2. The van der Waals surface area contributed by atoms with E-state index in [2.05, 4.69) is 11.7 Å². The van der Waals surface area contributed by atoms with Crippen LogP contribution >= 0.6 is 0 Å². The molecule has 0 heterocycles. The van der Waals surface area contributed by atoms with Crippen LogP contribution in [0.25, 0.3) is 0 Å². The Bertz CT molecular complexity index is 694. The van der Waals surface area contributed by atoms with Gasteiger partial charge in [0.05, 0.1) is 12.2 Å². The zero-order valence-corrected chi connectivity index (χ0v) is 14.9. The van der Waals surface area contributed by atoms with Crippen molar-refractivity contribution in [2.45, 2.75) is 45.1 Å². The SMILES string of the molecule is CCCCc1ccc(C(F)(F)OCCc2ccc(OC(F)(F)F)cc2)cc1. The molecule has 0 saturated carbocycles. The molecule has 2 aromatic rings. The normalized spacial score (nSPS) is 12.2. The summed E-state index contributed by atoms with van der Waals surface area (Å²) < 4.78 is 73.0. The Balaban J connectivity index is 1.86. The molecule has 0 spiro atoms. The fourth-order valence-electron chi connectivity index (χ4n) is 2.48. The van der Waals surface area contributed by atoms with Crippen molar-refractivity contribution in [2.75, 3.05) is 6.61 Å². The van der Waals surface area contributed by atoms with Crippen LogP contribution in [0.3, 0.4) is 0 Å². The molecule has 0 bridgehead atoms. The molecule has 7 heteroatoms. The summed E-state index contributed by atoms with van der Waals surface area (Å²) >= 11 is 0. The molecule has 2 nitrogen and oxygen atoms in total. The van der Waals surface area contributed by atoms with Gasteiger partial charge in [0, 0.05) is 0 Å². The molecule has 0 aliphatic rings. The van der Waals surface area contributed by atoms with Gasteiger partial charge in [-0.3, -0.25) is 0 Å². The Hall–Kier alpha value is -2.15. The number of halogens is 5. The monoisotopic (exact) mass is 388 g/mol. The minimum Gasteiger partial charge on any atom is -0.406 e. The van der Waals surface area contributed by atoms with Crippen molar-refractivity contribution in [3.63, 3.8) is 0 Å². The number of hydrogen-bond donors (Lipinski definition) is 0. The predicted molar refractivity (Wildman–Crippen MR) is 91.7 cm³/mol. The van der Waals surface area contributed by atoms with E-state index in [0.717, 1.165) is 37.0 Å². The third-order valence-electron chi connectivity index (χ3n) is 3.94. The molecule has 27 heavy (non-hydrogen) atoms. The van der Waals surface area contributed by atoms with Crippen LogP contribution < -0.4 is 4.74 Å². The number of alkyl halides is 5. The molecule has 148 valence electrons. The Labute approximate surface area is 154 Å². The lowest BCUT2D eigenvalue weighted by atomic mass is 10.1. The van der Waals surface area contributed by atoms with Crippen LogP contribution in [0.4, 0.5) is 22.0 Å². The molecule has 0 amide bonds. The van der Waals surface area contributed by atoms with Crippen LogP contribution in [-0.4, -0.2) is 13.0 Å². The van der Waals surface area contributed by atoms with E-state index in [1.165, 1.54) is 24.3 Å². The van der Waals surface area contributed by atoms with Gasteiger partial charge in [0.1, 0.15) is 5.75 Å². The first-order chi connectivity index (χ1) is 12.7. The second-order valence-electron chi connectivity index (χ2n) is 6.11. The molecule has 0 saturated heterocycles. The van der Waals surface area contributed by atoms with Crippen LogP contribution in [0, 0.1) is 0 Å². The molecule has 0 N–H and O–H groups in total. The molecule has 2 rings (SSSR count). The van der Waals surface area contributed by atoms with E-state index in [1.807, 2.05) is 0 Å². The van der Waals surface area contributed by atoms with Crippen LogP contribution in [0.5, 0.6) is 5.75 Å². The highest BCUT2D eigenvalue weighted by molar-refractivity contribution is 5.28. The Kier molecular flexibility index (Phi) is 7.18. The topological polar surface area (TPSA) is 18.5 Å². The molecule has 0 unspecified atom stereocenters. The maximum absolute atomic E-state index is 14.1. The molecular formula is C20H21F5O2. The number of unbranched alkanes of at least 4 members (excludes halogenated alkanes) is 1. The minimum atomic E-state index is -4.77. The Morgan fingerprint density at radius 2 is 1.33 bits per heavy atom. The van der Waals surface area contributed by atoms with Gasteiger partial charge in [0.25, 0.3) is 0 Å². The van der Waals surface area contributed by atoms with Crippen molar-refractivity contribution in [1.82, 2.24) is 0 Å². The van der Waals surface area contributed by atoms with Crippen molar-refractivity contribution in [3.8, 4) is 5.75 Å². The average Bonchev–Trinajstić information content (AvgIpc) is 2.60. The smallest absolute Gasteiger partial charge is 0.406 e. The average molecular weight is 388 g/mol. The van der Waals surface area contributed by atoms with E-state index in [-0.39, 0.29) is 24.3 Å². The lowest BCUT2D eigenvalue weighted by molar-refractivity contribution is -0.274. The summed E-state index contributed by atoms with van der Waals surface area (Å²) in [5.74, 6) is -0.360. The van der Waals surface area contributed by atoms with Crippen molar-refractivity contribution >= 4 is 0 Å². The Morgan fingerprint density at radius 3 is 1.89 bits per heavy atom. The highest BCUT2D eigenvalue weighted by atomic mass is 19.4. The molecule has 0 atom stereocenters. The predicted octanol–water partition coefficient (Wildman–Crippen LogP) is 6.24. The van der Waals surface area contributed by atoms with Gasteiger partial charge in [-0.2, -0.15) is 8.78 Å². The van der Waals surface area contributed by atoms with E-state index in [4.69, 9.17) is 4.74 Å². The maximum Gasteiger partial charge on any atom is 0.573 e. The molecule has 2 aromatic carbocycles. The number of aryl methyl sites for hydroxylation is 1. The summed E-state index contributed by atoms with van der Waals surface area (Å²) in [5, 5.41) is 0. The third-order valence-corrected chi connectivity index (χ3v) is 3.94. The summed E-state index contributed by atoms with van der Waals surface area (Å²) in [6.45, 7) is 1.79. The van der Waals surface area contributed by atoms with E-state index in [9.17, 15) is 22.0 Å². The van der Waals surface area contributed by atoms with Crippen LogP contribution in [0.2, 0.25) is 0 Å². The zero-order valence-electron chi connectivity index (χ0n) is 14.9. The number of rotatable bonds is 9. The molecule has 0 fully saturated rings. The summed E-state index contributed by atoms with van der Waals surface area (Å²) in [6, 6.07) is 11.1. The summed E-state index contributed by atoms with van der Waals surface area (Å²) in [6.07, 6.45) is -5.18. The molecular weight excluding hydrogens is 367 g/mol. The lowest BCUT2D eigenvalue weighted by Crippen LogP contribution is -2.20. The summed E-state index contributed by atoms with van der Waals surface area (Å²) in [4.78, 5) is 0. The Morgan fingerprint density at radius 1 is 0.778 bits per heavy atom. The second kappa shape index (κ2) is 9.17. The number of ether oxygens (including phenoxy) is 2. The minimum absolute atomic E-state index is 0.135. The molecule has 0 aliphatic carbocycles. The standard InChI is InChI=1S/C20H21F5O2/c1-2-3-4-15-5-9-17(10-6-15)19(21,22)26-14-13-16-7-11-18(12-8-16)27-20(23,24)25/h5-12H,2-4,13-14H2,1H3. The van der Waals surface area contributed by atoms with Crippen LogP contribution in [0.15, 0.2) is 48.5 Å². The quantitative estimate of drug-likeness (QED) is 0.474. The lowest BCUT2D eigenvalue weighted by Gasteiger charge is -2.17. The van der Waals surface area contributed by atoms with Gasteiger partial charge in [-0.1, -0.05) is 49.7 Å². The molecule has 0 radical (unpaired) electrons. The fourth-order valence-corrected chi connectivity index (χ4v) is 2.48. The van der Waals surface area contributed by atoms with E-state index < -0.39 is 12.5 Å². The summed E-state index contributed by atoms with van der Waals surface area (Å²) in [5.41, 5.74) is 1.34. The highest BCUT2D eigenvalue weighted by Crippen LogP contribution is 2.30. The van der Waals surface area contributed by atoms with Crippen molar-refractivity contribution < 1.29 is 31.4 Å². The van der Waals surface area contributed by atoms with Gasteiger partial charge >= 0.3 is 12.5 Å². The van der Waals surface area contributed by atoms with Crippen molar-refractivity contribution in [1.29, 1.82) is 0 Å². The van der Waals surface area contributed by atoms with Gasteiger partial charge in [-0.15, -0.1) is 13.2 Å². The summed E-state index contributed by atoms with van der Waals surface area (Å²) in [7, 11) is 0. The van der Waals surface area contributed by atoms with Gasteiger partial charge in [-0.05, 0) is 42.5 Å². The first-order valence-corrected chi connectivity index (χ1v) is 8.65. The van der Waals surface area contributed by atoms with Crippen LogP contribution in [-0.2, 0) is 23.7 Å². The fraction of sp³-hybridized carbons (Fsp3) is 0.400. The van der Waals surface area contributed by atoms with Crippen molar-refractivity contribution in [3.05, 3.63) is 65.2 Å². The first-order valence-electron chi connectivity index (χ1n) is 8.65. The van der Waals surface area contributed by atoms with E-state index >= 15 is 0 Å². The van der Waals surface area contributed by atoms with Gasteiger partial charge in [0.15, 0.2) is 0 Å². The van der Waals surface area contributed by atoms with Gasteiger partial charge in [-0.25, -0.2) is 0 Å². The number of benzene rings is 2. The van der Waals surface area contributed by atoms with E-state index in [1.54, 1.807) is 12.1 Å². The largest absolute Gasteiger partial charge is 0.573 e. The number of hydrogen-bond acceptors (Lipinski definition) is 2. The zero-order chi connectivity index (χ0) is 19.9. The van der Waals surface area contributed by atoms with Crippen molar-refractivity contribution in [2.24, 2.45) is 0 Å². The van der Waals surface area contributed by atoms with E-state index in [0.29, 0.717) is 5.56 Å². The third kappa shape index (κ3) is 7.17. The van der Waals surface area contributed by atoms with Crippen LogP contribution in [0.1, 0.15) is 36.5 Å². The van der Waals surface area contributed by atoms with Gasteiger partial charge < -0.3 is 9.47 Å². The second-order valence-corrected chi connectivity index (χ2v) is 6.11. The maximum atomic E-state index is 14.1. The highest BCUT2D eigenvalue weighted by Gasteiger charge is 2.33. The molecule has 0 aromatic heterocycles. The molecule has 0 aliphatic heterocycles.